The lowest BCUT2D eigenvalue weighted by atomic mass is 10.1. The van der Waals surface area contributed by atoms with Gasteiger partial charge in [-0.1, -0.05) is 18.0 Å². The van der Waals surface area contributed by atoms with Gasteiger partial charge in [0.1, 0.15) is 0 Å². The fourth-order valence-corrected chi connectivity index (χ4v) is 5.33. The molecule has 1 saturated carbocycles. The number of nitrogens with zero attached hydrogens (tertiary/aromatic N) is 2. The number of amides is 1. The van der Waals surface area contributed by atoms with E-state index >= 15 is 0 Å². The molecule has 25 heavy (non-hydrogen) atoms. The number of sulfone groups is 1. The standard InChI is InChI=1S/C16H22N2O6S/c1-11-8-14(24-17-11)16(20)23-9-15(19)18(12-4-2-3-5-12)13-6-7-25(21,22)10-13/h8,12-13H,2-7,9-10H2,1H3/t13-/m1/s1. The minimum atomic E-state index is -3.10. The maximum absolute atomic E-state index is 12.7. The van der Waals surface area contributed by atoms with Gasteiger partial charge < -0.3 is 14.2 Å². The predicted octanol–water partition coefficient (Wildman–Crippen LogP) is 1.10. The molecule has 9 heteroatoms. The number of esters is 1. The Kier molecular flexibility index (Phi) is 5.12. The first-order valence-electron chi connectivity index (χ1n) is 8.48. The zero-order valence-electron chi connectivity index (χ0n) is 14.1. The van der Waals surface area contributed by atoms with Crippen LogP contribution in [-0.2, 0) is 19.4 Å². The van der Waals surface area contributed by atoms with Crippen molar-refractivity contribution < 1.29 is 27.3 Å². The monoisotopic (exact) mass is 370 g/mol. The molecule has 1 saturated heterocycles. The van der Waals surface area contributed by atoms with Gasteiger partial charge in [-0.15, -0.1) is 0 Å². The second kappa shape index (κ2) is 7.15. The first kappa shape index (κ1) is 17.9. The molecule has 0 bridgehead atoms. The first-order chi connectivity index (χ1) is 11.9. The van der Waals surface area contributed by atoms with Crippen LogP contribution in [0.1, 0.15) is 48.4 Å². The molecular weight excluding hydrogens is 348 g/mol. The summed E-state index contributed by atoms with van der Waals surface area (Å²) in [5.41, 5.74) is 0.544. The second-order valence-corrected chi connectivity index (χ2v) is 8.93. The smallest absolute Gasteiger partial charge is 0.377 e. The molecule has 0 N–H and O–H groups in total. The summed E-state index contributed by atoms with van der Waals surface area (Å²) in [5.74, 6) is -1.06. The van der Waals surface area contributed by atoms with E-state index in [1.165, 1.54) is 6.07 Å². The number of aryl methyl sites for hydroxylation is 1. The van der Waals surface area contributed by atoms with Crippen LogP contribution in [0.2, 0.25) is 0 Å². The normalized spacial score (nSPS) is 22.8. The van der Waals surface area contributed by atoms with Crippen molar-refractivity contribution in [3.05, 3.63) is 17.5 Å². The highest BCUT2D eigenvalue weighted by Gasteiger charge is 2.39. The third kappa shape index (κ3) is 4.20. The van der Waals surface area contributed by atoms with Gasteiger partial charge in [0.15, 0.2) is 16.4 Å². The van der Waals surface area contributed by atoms with Gasteiger partial charge in [0.2, 0.25) is 5.76 Å². The number of aromatic nitrogens is 1. The van der Waals surface area contributed by atoms with Crippen LogP contribution >= 0.6 is 0 Å². The molecule has 8 nitrogen and oxygen atoms in total. The molecule has 2 fully saturated rings. The largest absolute Gasteiger partial charge is 0.450 e. The molecule has 1 aromatic rings. The highest BCUT2D eigenvalue weighted by atomic mass is 32.2. The van der Waals surface area contributed by atoms with Crippen LogP contribution in [-0.4, -0.2) is 60.5 Å². The van der Waals surface area contributed by atoms with E-state index < -0.39 is 22.4 Å². The van der Waals surface area contributed by atoms with E-state index in [-0.39, 0.29) is 35.3 Å². The van der Waals surface area contributed by atoms with E-state index in [0.29, 0.717) is 12.1 Å². The van der Waals surface area contributed by atoms with E-state index in [9.17, 15) is 18.0 Å². The molecule has 1 aliphatic heterocycles. The molecule has 1 atom stereocenters. The average Bonchev–Trinajstić information content (AvgIpc) is 3.27. The van der Waals surface area contributed by atoms with Gasteiger partial charge in [0, 0.05) is 18.2 Å². The summed E-state index contributed by atoms with van der Waals surface area (Å²) < 4.78 is 33.4. The third-order valence-corrected chi connectivity index (χ3v) is 6.51. The number of carbonyl (C=O) groups is 2. The van der Waals surface area contributed by atoms with Crippen molar-refractivity contribution in [2.24, 2.45) is 0 Å². The Bertz CT molecular complexity index is 750. The summed E-state index contributed by atoms with van der Waals surface area (Å²) in [5, 5.41) is 3.60. The Morgan fingerprint density at radius 1 is 1.28 bits per heavy atom. The Morgan fingerprint density at radius 3 is 2.56 bits per heavy atom. The Labute approximate surface area is 146 Å². The number of carbonyl (C=O) groups excluding carboxylic acids is 2. The van der Waals surface area contributed by atoms with E-state index in [0.717, 1.165) is 25.7 Å². The lowest BCUT2D eigenvalue weighted by Crippen LogP contribution is -2.48. The Morgan fingerprint density at radius 2 is 2.00 bits per heavy atom. The summed E-state index contributed by atoms with van der Waals surface area (Å²) in [4.78, 5) is 26.2. The van der Waals surface area contributed by atoms with Gasteiger partial charge in [0.25, 0.3) is 5.91 Å². The zero-order valence-corrected chi connectivity index (χ0v) is 15.0. The quantitative estimate of drug-likeness (QED) is 0.714. The maximum atomic E-state index is 12.7. The molecule has 2 heterocycles. The van der Waals surface area contributed by atoms with Crippen LogP contribution in [0.25, 0.3) is 0 Å². The van der Waals surface area contributed by atoms with Gasteiger partial charge >= 0.3 is 5.97 Å². The number of hydrogen-bond acceptors (Lipinski definition) is 7. The fraction of sp³-hybridized carbons (Fsp3) is 0.688. The number of rotatable bonds is 5. The SMILES string of the molecule is Cc1cc(C(=O)OCC(=O)N(C2CCCC2)[C@@H]2CCS(=O)(=O)C2)on1. The predicted molar refractivity (Wildman–Crippen MR) is 87.7 cm³/mol. The molecule has 1 aromatic heterocycles. The van der Waals surface area contributed by atoms with Gasteiger partial charge in [-0.2, -0.15) is 0 Å². The van der Waals surface area contributed by atoms with Crippen molar-refractivity contribution in [1.29, 1.82) is 0 Å². The van der Waals surface area contributed by atoms with Crippen molar-refractivity contribution in [2.75, 3.05) is 18.1 Å². The van der Waals surface area contributed by atoms with E-state index in [2.05, 4.69) is 5.16 Å². The van der Waals surface area contributed by atoms with Crippen LogP contribution in [0.4, 0.5) is 0 Å². The summed E-state index contributed by atoms with van der Waals surface area (Å²) in [6, 6.07) is 1.13. The molecule has 138 valence electrons. The molecular formula is C16H22N2O6S. The van der Waals surface area contributed by atoms with Gasteiger partial charge in [0.05, 0.1) is 17.2 Å². The molecule has 3 rings (SSSR count). The maximum Gasteiger partial charge on any atom is 0.377 e. The molecule has 2 aliphatic rings. The highest BCUT2D eigenvalue weighted by molar-refractivity contribution is 7.91. The van der Waals surface area contributed by atoms with Crippen LogP contribution in [0.3, 0.4) is 0 Å². The summed E-state index contributed by atoms with van der Waals surface area (Å²) in [7, 11) is -3.10. The van der Waals surface area contributed by atoms with Gasteiger partial charge in [-0.3, -0.25) is 4.79 Å². The van der Waals surface area contributed by atoms with Crippen molar-refractivity contribution in [3.63, 3.8) is 0 Å². The average molecular weight is 370 g/mol. The van der Waals surface area contributed by atoms with Gasteiger partial charge in [-0.05, 0) is 26.2 Å². The van der Waals surface area contributed by atoms with E-state index in [1.54, 1.807) is 11.8 Å². The fourth-order valence-electron chi connectivity index (χ4n) is 3.62. The van der Waals surface area contributed by atoms with E-state index in [1.807, 2.05) is 0 Å². The zero-order chi connectivity index (χ0) is 18.0. The number of ether oxygens (including phenoxy) is 1. The summed E-state index contributed by atoms with van der Waals surface area (Å²) in [6.45, 7) is 1.25. The Balaban J connectivity index is 1.65. The third-order valence-electron chi connectivity index (χ3n) is 4.76. The van der Waals surface area contributed by atoms with Gasteiger partial charge in [-0.25, -0.2) is 13.2 Å². The molecule has 0 aromatic carbocycles. The first-order valence-corrected chi connectivity index (χ1v) is 10.3. The molecule has 0 unspecified atom stereocenters. The highest BCUT2D eigenvalue weighted by Crippen LogP contribution is 2.29. The molecule has 0 radical (unpaired) electrons. The van der Waals surface area contributed by atoms with Crippen LogP contribution in [0.5, 0.6) is 0 Å². The second-order valence-electron chi connectivity index (χ2n) is 6.70. The minimum absolute atomic E-state index is 0.00944. The molecule has 1 amide bonds. The lowest BCUT2D eigenvalue weighted by molar-refractivity contribution is -0.139. The lowest BCUT2D eigenvalue weighted by Gasteiger charge is -2.33. The van der Waals surface area contributed by atoms with Crippen molar-refractivity contribution in [1.82, 2.24) is 10.1 Å². The van der Waals surface area contributed by atoms with Crippen LogP contribution in [0, 0.1) is 6.92 Å². The molecule has 1 aliphatic carbocycles. The number of hydrogen-bond donors (Lipinski definition) is 0. The van der Waals surface area contributed by atoms with E-state index in [4.69, 9.17) is 9.26 Å². The van der Waals surface area contributed by atoms with Crippen molar-refractivity contribution in [2.45, 2.75) is 51.1 Å². The topological polar surface area (TPSA) is 107 Å². The summed E-state index contributed by atoms with van der Waals surface area (Å²) >= 11 is 0. The molecule has 0 spiro atoms. The Hall–Kier alpha value is -1.90. The summed E-state index contributed by atoms with van der Waals surface area (Å²) in [6.07, 6.45) is 4.20. The van der Waals surface area contributed by atoms with Crippen molar-refractivity contribution in [3.8, 4) is 0 Å². The van der Waals surface area contributed by atoms with Crippen LogP contribution < -0.4 is 0 Å². The minimum Gasteiger partial charge on any atom is -0.450 e. The van der Waals surface area contributed by atoms with Crippen LogP contribution in [0.15, 0.2) is 10.6 Å². The van der Waals surface area contributed by atoms with Crippen molar-refractivity contribution >= 4 is 21.7 Å².